The largest absolute Gasteiger partial charge is 0.395 e. The van der Waals surface area contributed by atoms with Gasteiger partial charge in [0.05, 0.1) is 6.61 Å². The molecule has 0 saturated carbocycles. The zero-order valence-corrected chi connectivity index (χ0v) is 12.6. The third kappa shape index (κ3) is 3.11. The van der Waals surface area contributed by atoms with E-state index in [4.69, 9.17) is 0 Å². The van der Waals surface area contributed by atoms with Gasteiger partial charge < -0.3 is 15.0 Å². The molecule has 1 aromatic carbocycles. The molecule has 2 rings (SSSR count). The van der Waals surface area contributed by atoms with Crippen LogP contribution in [0, 0.1) is 13.8 Å². The van der Waals surface area contributed by atoms with Gasteiger partial charge in [0, 0.05) is 29.7 Å². The number of para-hydroxylation sites is 1. The number of aryl methyl sites for hydroxylation is 1. The average molecular weight is 272 g/mol. The van der Waals surface area contributed by atoms with Crippen LogP contribution in [0.25, 0.3) is 5.69 Å². The molecule has 2 N–H and O–H groups in total. The van der Waals surface area contributed by atoms with Crippen molar-refractivity contribution in [3.63, 3.8) is 0 Å². The second-order valence-corrected chi connectivity index (χ2v) is 5.24. The number of aliphatic hydroxyl groups excluding tert-OH is 1. The SMILES string of the molecule is CC[C@H](CO)NCc1cc(C)n(-c2ccccc2)c1C. The number of rotatable bonds is 6. The van der Waals surface area contributed by atoms with E-state index in [0.29, 0.717) is 0 Å². The Morgan fingerprint density at radius 2 is 1.90 bits per heavy atom. The molecule has 0 unspecified atom stereocenters. The van der Waals surface area contributed by atoms with E-state index in [-0.39, 0.29) is 12.6 Å². The highest BCUT2D eigenvalue weighted by atomic mass is 16.3. The number of benzene rings is 1. The van der Waals surface area contributed by atoms with Gasteiger partial charge in [-0.1, -0.05) is 25.1 Å². The summed E-state index contributed by atoms with van der Waals surface area (Å²) in [6, 6.07) is 12.8. The van der Waals surface area contributed by atoms with Gasteiger partial charge in [0.15, 0.2) is 0 Å². The summed E-state index contributed by atoms with van der Waals surface area (Å²) in [4.78, 5) is 0. The van der Waals surface area contributed by atoms with Crippen LogP contribution in [-0.4, -0.2) is 22.3 Å². The Balaban J connectivity index is 2.21. The molecule has 0 aliphatic heterocycles. The maximum Gasteiger partial charge on any atom is 0.0584 e. The minimum absolute atomic E-state index is 0.176. The van der Waals surface area contributed by atoms with Crippen molar-refractivity contribution in [3.8, 4) is 5.69 Å². The number of nitrogens with zero attached hydrogens (tertiary/aromatic N) is 1. The summed E-state index contributed by atoms with van der Waals surface area (Å²) in [5.74, 6) is 0. The summed E-state index contributed by atoms with van der Waals surface area (Å²) >= 11 is 0. The number of hydrogen-bond acceptors (Lipinski definition) is 2. The van der Waals surface area contributed by atoms with Gasteiger partial charge in [-0.15, -0.1) is 0 Å². The molecule has 0 spiro atoms. The maximum atomic E-state index is 9.24. The third-order valence-electron chi connectivity index (χ3n) is 3.84. The van der Waals surface area contributed by atoms with E-state index in [1.807, 2.05) is 6.07 Å². The molecule has 0 aliphatic carbocycles. The zero-order valence-electron chi connectivity index (χ0n) is 12.6. The minimum atomic E-state index is 0.176. The molecular formula is C17H24N2O. The molecule has 0 saturated heterocycles. The summed E-state index contributed by atoms with van der Waals surface area (Å²) in [6.07, 6.45) is 0.938. The Hall–Kier alpha value is -1.58. The first-order valence-corrected chi connectivity index (χ1v) is 7.24. The molecule has 0 aliphatic rings. The Kier molecular flexibility index (Phi) is 4.99. The smallest absolute Gasteiger partial charge is 0.0584 e. The van der Waals surface area contributed by atoms with Crippen LogP contribution in [0.5, 0.6) is 0 Å². The van der Waals surface area contributed by atoms with Crippen LogP contribution < -0.4 is 5.32 Å². The van der Waals surface area contributed by atoms with Gasteiger partial charge in [-0.25, -0.2) is 0 Å². The Labute approximate surface area is 121 Å². The second kappa shape index (κ2) is 6.73. The Morgan fingerprint density at radius 1 is 1.20 bits per heavy atom. The Bertz CT molecular complexity index is 542. The minimum Gasteiger partial charge on any atom is -0.395 e. The van der Waals surface area contributed by atoms with Gasteiger partial charge in [-0.2, -0.15) is 0 Å². The molecule has 1 atom stereocenters. The van der Waals surface area contributed by atoms with Gasteiger partial charge >= 0.3 is 0 Å². The second-order valence-electron chi connectivity index (χ2n) is 5.24. The lowest BCUT2D eigenvalue weighted by atomic mass is 10.2. The predicted octanol–water partition coefficient (Wildman–Crippen LogP) is 2.95. The fourth-order valence-corrected chi connectivity index (χ4v) is 2.57. The van der Waals surface area contributed by atoms with Crippen LogP contribution in [0.2, 0.25) is 0 Å². The van der Waals surface area contributed by atoms with Crippen molar-refractivity contribution in [2.45, 2.75) is 39.8 Å². The summed E-state index contributed by atoms with van der Waals surface area (Å²) in [7, 11) is 0. The summed E-state index contributed by atoms with van der Waals surface area (Å²) in [6.45, 7) is 7.35. The van der Waals surface area contributed by atoms with Crippen molar-refractivity contribution < 1.29 is 5.11 Å². The lowest BCUT2D eigenvalue weighted by Gasteiger charge is -2.14. The standard InChI is InChI=1S/C17H24N2O/c1-4-16(12-20)18-11-15-10-13(2)19(14(15)3)17-8-6-5-7-9-17/h5-10,16,18,20H,4,11-12H2,1-3H3/t16-/m1/s1. The first-order chi connectivity index (χ1) is 9.67. The van der Waals surface area contributed by atoms with Crippen molar-refractivity contribution in [2.75, 3.05) is 6.61 Å². The van der Waals surface area contributed by atoms with Crippen LogP contribution in [-0.2, 0) is 6.54 Å². The highest BCUT2D eigenvalue weighted by molar-refractivity contribution is 5.40. The molecule has 2 aromatic rings. The van der Waals surface area contributed by atoms with Crippen molar-refractivity contribution in [3.05, 3.63) is 53.3 Å². The average Bonchev–Trinajstić information content (AvgIpc) is 2.75. The van der Waals surface area contributed by atoms with Crippen molar-refractivity contribution >= 4 is 0 Å². The van der Waals surface area contributed by atoms with Crippen LogP contribution in [0.4, 0.5) is 0 Å². The fourth-order valence-electron chi connectivity index (χ4n) is 2.57. The van der Waals surface area contributed by atoms with E-state index >= 15 is 0 Å². The first-order valence-electron chi connectivity index (χ1n) is 7.24. The van der Waals surface area contributed by atoms with E-state index in [2.05, 4.69) is 61.0 Å². The number of hydrogen-bond donors (Lipinski definition) is 2. The highest BCUT2D eigenvalue weighted by Gasteiger charge is 2.11. The normalized spacial score (nSPS) is 12.6. The monoisotopic (exact) mass is 272 g/mol. The number of aliphatic hydroxyl groups is 1. The summed E-state index contributed by atoms with van der Waals surface area (Å²) in [5, 5.41) is 12.6. The van der Waals surface area contributed by atoms with E-state index in [1.54, 1.807) is 0 Å². The van der Waals surface area contributed by atoms with Crippen molar-refractivity contribution in [1.82, 2.24) is 9.88 Å². The summed E-state index contributed by atoms with van der Waals surface area (Å²) < 4.78 is 2.27. The molecule has 0 bridgehead atoms. The van der Waals surface area contributed by atoms with E-state index in [1.165, 1.54) is 22.6 Å². The molecule has 3 nitrogen and oxygen atoms in total. The van der Waals surface area contributed by atoms with Gasteiger partial charge in [0.1, 0.15) is 0 Å². The van der Waals surface area contributed by atoms with E-state index in [9.17, 15) is 5.11 Å². The Morgan fingerprint density at radius 3 is 2.50 bits per heavy atom. The van der Waals surface area contributed by atoms with Crippen LogP contribution in [0.3, 0.4) is 0 Å². The van der Waals surface area contributed by atoms with E-state index < -0.39 is 0 Å². The van der Waals surface area contributed by atoms with Gasteiger partial charge in [-0.3, -0.25) is 0 Å². The topological polar surface area (TPSA) is 37.2 Å². The van der Waals surface area contributed by atoms with Gasteiger partial charge in [-0.05, 0) is 44.0 Å². The molecule has 1 aromatic heterocycles. The zero-order chi connectivity index (χ0) is 14.5. The highest BCUT2D eigenvalue weighted by Crippen LogP contribution is 2.20. The first kappa shape index (κ1) is 14.8. The molecule has 0 amide bonds. The molecule has 3 heteroatoms. The van der Waals surface area contributed by atoms with Crippen LogP contribution in [0.1, 0.15) is 30.3 Å². The fraction of sp³-hybridized carbons (Fsp3) is 0.412. The lowest BCUT2D eigenvalue weighted by molar-refractivity contribution is 0.238. The predicted molar refractivity (Wildman–Crippen MR) is 83.2 cm³/mol. The lowest BCUT2D eigenvalue weighted by Crippen LogP contribution is -2.31. The molecular weight excluding hydrogens is 248 g/mol. The molecule has 0 radical (unpaired) electrons. The van der Waals surface area contributed by atoms with Gasteiger partial charge in [0.2, 0.25) is 0 Å². The van der Waals surface area contributed by atoms with Gasteiger partial charge in [0.25, 0.3) is 0 Å². The maximum absolute atomic E-state index is 9.24. The molecule has 20 heavy (non-hydrogen) atoms. The number of aromatic nitrogens is 1. The van der Waals surface area contributed by atoms with Crippen molar-refractivity contribution in [1.29, 1.82) is 0 Å². The summed E-state index contributed by atoms with van der Waals surface area (Å²) in [5.41, 5.74) is 4.98. The molecule has 0 fully saturated rings. The molecule has 1 heterocycles. The number of nitrogens with one attached hydrogen (secondary N) is 1. The third-order valence-corrected chi connectivity index (χ3v) is 3.84. The van der Waals surface area contributed by atoms with Crippen LogP contribution in [0.15, 0.2) is 36.4 Å². The molecule has 108 valence electrons. The quantitative estimate of drug-likeness (QED) is 0.848. The van der Waals surface area contributed by atoms with E-state index in [0.717, 1.165) is 13.0 Å². The van der Waals surface area contributed by atoms with Crippen LogP contribution >= 0.6 is 0 Å². The van der Waals surface area contributed by atoms with Crippen molar-refractivity contribution in [2.24, 2.45) is 0 Å².